The highest BCUT2D eigenvalue weighted by Gasteiger charge is 2.54. The van der Waals surface area contributed by atoms with Crippen LogP contribution in [0.15, 0.2) is 0 Å². The summed E-state index contributed by atoms with van der Waals surface area (Å²) < 4.78 is 0. The molecule has 0 aromatic heterocycles. The van der Waals surface area contributed by atoms with Gasteiger partial charge in [-0.05, 0) is 6.42 Å². The standard InChI is InChI=1S/C11H12N6O4/c12-2-16-10(20)5-1-4(8(14)18)6(9(15)19)7(5)11(21)17-3-13/h4-7H,1H2,(H2,14,18)(H2,15,19)(H,16,20)(H,17,21). The van der Waals surface area contributed by atoms with Crippen LogP contribution in [0, 0.1) is 46.6 Å². The fourth-order valence-corrected chi connectivity index (χ4v) is 2.64. The van der Waals surface area contributed by atoms with Crippen LogP contribution in [0.5, 0.6) is 0 Å². The molecular weight excluding hydrogens is 280 g/mol. The average Bonchev–Trinajstić information content (AvgIpc) is 2.79. The molecule has 1 aliphatic carbocycles. The summed E-state index contributed by atoms with van der Waals surface area (Å²) in [5.74, 6) is -8.57. The van der Waals surface area contributed by atoms with Crippen LogP contribution in [0.2, 0.25) is 0 Å². The Hall–Kier alpha value is -3.14. The summed E-state index contributed by atoms with van der Waals surface area (Å²) >= 11 is 0. The van der Waals surface area contributed by atoms with Crippen LogP contribution in [-0.2, 0) is 19.2 Å². The second kappa shape index (κ2) is 6.34. The number of nitrogens with one attached hydrogen (secondary N) is 2. The molecule has 1 aliphatic rings. The van der Waals surface area contributed by atoms with Gasteiger partial charge < -0.3 is 11.5 Å². The van der Waals surface area contributed by atoms with Gasteiger partial charge in [-0.3, -0.25) is 29.8 Å². The van der Waals surface area contributed by atoms with Crippen LogP contribution >= 0.6 is 0 Å². The van der Waals surface area contributed by atoms with E-state index in [0.29, 0.717) is 0 Å². The number of amides is 4. The number of nitrogens with two attached hydrogens (primary N) is 2. The minimum Gasteiger partial charge on any atom is -0.369 e. The molecule has 4 unspecified atom stereocenters. The fraction of sp³-hybridized carbons (Fsp3) is 0.455. The largest absolute Gasteiger partial charge is 0.369 e. The molecule has 0 saturated heterocycles. The summed E-state index contributed by atoms with van der Waals surface area (Å²) in [5, 5.41) is 20.6. The number of nitrogens with zero attached hydrogens (tertiary/aromatic N) is 2. The minimum atomic E-state index is -1.34. The van der Waals surface area contributed by atoms with Crippen molar-refractivity contribution in [2.24, 2.45) is 35.1 Å². The smallest absolute Gasteiger partial charge is 0.237 e. The molecule has 6 N–H and O–H groups in total. The molecule has 4 amide bonds. The molecule has 1 rings (SSSR count). The van der Waals surface area contributed by atoms with Crippen molar-refractivity contribution in [3.63, 3.8) is 0 Å². The van der Waals surface area contributed by atoms with E-state index in [-0.39, 0.29) is 6.42 Å². The topological polar surface area (TPSA) is 192 Å². The maximum absolute atomic E-state index is 11.9. The molecule has 0 heterocycles. The Labute approximate surface area is 119 Å². The van der Waals surface area contributed by atoms with Crippen molar-refractivity contribution in [3.8, 4) is 12.4 Å². The zero-order chi connectivity index (χ0) is 16.2. The van der Waals surface area contributed by atoms with Crippen molar-refractivity contribution in [2.75, 3.05) is 0 Å². The van der Waals surface area contributed by atoms with Crippen LogP contribution in [0.25, 0.3) is 0 Å². The highest BCUT2D eigenvalue weighted by molar-refractivity contribution is 5.97. The molecule has 10 nitrogen and oxygen atoms in total. The summed E-state index contributed by atoms with van der Waals surface area (Å²) in [6.45, 7) is 0. The van der Waals surface area contributed by atoms with Gasteiger partial charge in [0.25, 0.3) is 0 Å². The molecule has 10 heteroatoms. The number of hydrogen-bond donors (Lipinski definition) is 4. The highest BCUT2D eigenvalue weighted by Crippen LogP contribution is 2.42. The van der Waals surface area contributed by atoms with Gasteiger partial charge in [0.1, 0.15) is 0 Å². The third-order valence-corrected chi connectivity index (χ3v) is 3.45. The Morgan fingerprint density at radius 1 is 0.857 bits per heavy atom. The van der Waals surface area contributed by atoms with Gasteiger partial charge in [0.15, 0.2) is 12.4 Å². The SMILES string of the molecule is N#CNC(=O)C1CC(C(N)=O)C(C(N)=O)C1C(=O)NC#N. The Bertz CT molecular complexity index is 574. The number of rotatable bonds is 4. The maximum atomic E-state index is 11.9. The fourth-order valence-electron chi connectivity index (χ4n) is 2.64. The molecule has 0 aromatic carbocycles. The van der Waals surface area contributed by atoms with E-state index in [1.165, 1.54) is 12.4 Å². The van der Waals surface area contributed by atoms with Gasteiger partial charge in [0, 0.05) is 0 Å². The van der Waals surface area contributed by atoms with Crippen molar-refractivity contribution >= 4 is 23.6 Å². The van der Waals surface area contributed by atoms with Crippen LogP contribution in [0.1, 0.15) is 6.42 Å². The monoisotopic (exact) mass is 292 g/mol. The molecule has 0 aromatic rings. The lowest BCUT2D eigenvalue weighted by molar-refractivity contribution is -0.138. The van der Waals surface area contributed by atoms with Crippen LogP contribution < -0.4 is 22.1 Å². The summed E-state index contributed by atoms with van der Waals surface area (Å²) in [6, 6.07) is 0. The first-order valence-electron chi connectivity index (χ1n) is 5.81. The lowest BCUT2D eigenvalue weighted by Gasteiger charge is -2.20. The summed E-state index contributed by atoms with van der Waals surface area (Å²) in [6.07, 6.45) is 2.56. The van der Waals surface area contributed by atoms with Gasteiger partial charge in [0.05, 0.1) is 23.7 Å². The first-order valence-corrected chi connectivity index (χ1v) is 5.81. The van der Waals surface area contributed by atoms with Gasteiger partial charge in [-0.15, -0.1) is 0 Å². The molecule has 1 fully saturated rings. The highest BCUT2D eigenvalue weighted by atomic mass is 16.2. The van der Waals surface area contributed by atoms with E-state index in [1.54, 1.807) is 5.32 Å². The van der Waals surface area contributed by atoms with Gasteiger partial charge in [-0.25, -0.2) is 0 Å². The van der Waals surface area contributed by atoms with Gasteiger partial charge in [-0.2, -0.15) is 10.5 Å². The average molecular weight is 292 g/mol. The van der Waals surface area contributed by atoms with Crippen molar-refractivity contribution in [1.29, 1.82) is 10.5 Å². The number of carbonyl (C=O) groups is 4. The van der Waals surface area contributed by atoms with Gasteiger partial charge in [0.2, 0.25) is 23.6 Å². The molecule has 21 heavy (non-hydrogen) atoms. The van der Waals surface area contributed by atoms with E-state index in [4.69, 9.17) is 22.0 Å². The van der Waals surface area contributed by atoms with Crippen LogP contribution in [-0.4, -0.2) is 23.6 Å². The normalized spacial score (nSPS) is 27.0. The Morgan fingerprint density at radius 2 is 1.38 bits per heavy atom. The molecule has 4 atom stereocenters. The summed E-state index contributed by atoms with van der Waals surface area (Å²) in [5.41, 5.74) is 10.3. The van der Waals surface area contributed by atoms with E-state index < -0.39 is 47.3 Å². The Morgan fingerprint density at radius 3 is 1.81 bits per heavy atom. The molecular formula is C11H12N6O4. The quantitative estimate of drug-likeness (QED) is 0.315. The Balaban J connectivity index is 3.24. The van der Waals surface area contributed by atoms with Gasteiger partial charge in [-0.1, -0.05) is 0 Å². The van der Waals surface area contributed by atoms with Crippen LogP contribution in [0.3, 0.4) is 0 Å². The molecule has 0 aliphatic heterocycles. The lowest BCUT2D eigenvalue weighted by Crippen LogP contribution is -2.44. The number of nitriles is 2. The third kappa shape index (κ3) is 3.06. The molecule has 0 radical (unpaired) electrons. The van der Waals surface area contributed by atoms with Crippen molar-refractivity contribution in [2.45, 2.75) is 6.42 Å². The lowest BCUT2D eigenvalue weighted by atomic mass is 9.85. The predicted molar refractivity (Wildman–Crippen MR) is 64.5 cm³/mol. The Kier molecular flexibility index (Phi) is 4.81. The summed E-state index contributed by atoms with van der Waals surface area (Å²) in [7, 11) is 0. The predicted octanol–water partition coefficient (Wildman–Crippen LogP) is -2.98. The molecule has 110 valence electrons. The number of hydrogen-bond acceptors (Lipinski definition) is 6. The summed E-state index contributed by atoms with van der Waals surface area (Å²) in [4.78, 5) is 46.6. The zero-order valence-electron chi connectivity index (χ0n) is 10.7. The van der Waals surface area contributed by atoms with Crippen LogP contribution in [0.4, 0.5) is 0 Å². The third-order valence-electron chi connectivity index (χ3n) is 3.45. The van der Waals surface area contributed by atoms with E-state index in [1.807, 2.05) is 5.32 Å². The number of primary amides is 2. The van der Waals surface area contributed by atoms with Crippen molar-refractivity contribution in [3.05, 3.63) is 0 Å². The van der Waals surface area contributed by atoms with Gasteiger partial charge >= 0.3 is 0 Å². The minimum absolute atomic E-state index is 0.208. The first kappa shape index (κ1) is 15.9. The zero-order valence-corrected chi connectivity index (χ0v) is 10.7. The maximum Gasteiger partial charge on any atom is 0.237 e. The van der Waals surface area contributed by atoms with E-state index in [9.17, 15) is 19.2 Å². The van der Waals surface area contributed by atoms with E-state index >= 15 is 0 Å². The molecule has 0 spiro atoms. The second-order valence-electron chi connectivity index (χ2n) is 4.51. The molecule has 0 bridgehead atoms. The van der Waals surface area contributed by atoms with E-state index in [0.717, 1.165) is 0 Å². The second-order valence-corrected chi connectivity index (χ2v) is 4.51. The number of carbonyl (C=O) groups excluding carboxylic acids is 4. The van der Waals surface area contributed by atoms with Crippen molar-refractivity contribution in [1.82, 2.24) is 10.6 Å². The van der Waals surface area contributed by atoms with Crippen molar-refractivity contribution < 1.29 is 19.2 Å². The molecule has 1 saturated carbocycles. The first-order chi connectivity index (χ1) is 9.84. The van der Waals surface area contributed by atoms with E-state index in [2.05, 4.69) is 0 Å².